The number of rotatable bonds is 7. The Morgan fingerprint density at radius 2 is 1.93 bits per heavy atom. The Morgan fingerprint density at radius 3 is 2.70 bits per heavy atom. The molecule has 0 aliphatic heterocycles. The summed E-state index contributed by atoms with van der Waals surface area (Å²) < 4.78 is 18.7. The van der Waals surface area contributed by atoms with Crippen LogP contribution in [0.15, 0.2) is 53.3 Å². The van der Waals surface area contributed by atoms with Gasteiger partial charge in [0.1, 0.15) is 11.6 Å². The standard InChI is InChI=1S/C21H21FN2O3/c1-27-17-8-6-15-12-16(21(26)24-19(15)13-17)7-9-20(25)23-11-10-14-4-2-3-5-18(14)22/h2-6,8,12-13H,7,9-11H2,1H3,(H,23,25)(H,24,26). The minimum atomic E-state index is -0.272. The largest absolute Gasteiger partial charge is 0.497 e. The van der Waals surface area contributed by atoms with E-state index in [0.717, 1.165) is 5.39 Å². The first-order valence-electron chi connectivity index (χ1n) is 8.77. The zero-order valence-electron chi connectivity index (χ0n) is 15.0. The van der Waals surface area contributed by atoms with Crippen LogP contribution in [0, 0.1) is 5.82 Å². The summed E-state index contributed by atoms with van der Waals surface area (Å²) in [6, 6.07) is 13.7. The van der Waals surface area contributed by atoms with E-state index >= 15 is 0 Å². The van der Waals surface area contributed by atoms with Gasteiger partial charge in [0.25, 0.3) is 5.56 Å². The maximum absolute atomic E-state index is 13.5. The normalized spacial score (nSPS) is 10.7. The quantitative estimate of drug-likeness (QED) is 0.674. The van der Waals surface area contributed by atoms with Crippen molar-refractivity contribution in [2.75, 3.05) is 13.7 Å². The maximum Gasteiger partial charge on any atom is 0.251 e. The van der Waals surface area contributed by atoms with Crippen molar-refractivity contribution in [3.05, 3.63) is 75.8 Å². The van der Waals surface area contributed by atoms with Crippen LogP contribution in [0.3, 0.4) is 0 Å². The number of halogens is 1. The van der Waals surface area contributed by atoms with Crippen LogP contribution < -0.4 is 15.6 Å². The predicted octanol–water partition coefficient (Wildman–Crippen LogP) is 2.97. The maximum atomic E-state index is 13.5. The third-order valence-corrected chi connectivity index (χ3v) is 4.43. The lowest BCUT2D eigenvalue weighted by Crippen LogP contribution is -2.26. The van der Waals surface area contributed by atoms with Gasteiger partial charge in [-0.3, -0.25) is 9.59 Å². The lowest BCUT2D eigenvalue weighted by atomic mass is 10.1. The Morgan fingerprint density at radius 1 is 1.11 bits per heavy atom. The van der Waals surface area contributed by atoms with Crippen LogP contribution in [0.2, 0.25) is 0 Å². The molecule has 2 aromatic carbocycles. The molecule has 140 valence electrons. The number of hydrogen-bond donors (Lipinski definition) is 2. The molecule has 3 aromatic rings. The molecule has 5 nitrogen and oxygen atoms in total. The Bertz CT molecular complexity index is 1010. The zero-order chi connectivity index (χ0) is 19.2. The number of fused-ring (bicyclic) bond motifs is 1. The summed E-state index contributed by atoms with van der Waals surface area (Å²) >= 11 is 0. The Hall–Kier alpha value is -3.15. The van der Waals surface area contributed by atoms with Gasteiger partial charge in [0.2, 0.25) is 5.91 Å². The van der Waals surface area contributed by atoms with Gasteiger partial charge < -0.3 is 15.0 Å². The lowest BCUT2D eigenvalue weighted by Gasteiger charge is -2.07. The summed E-state index contributed by atoms with van der Waals surface area (Å²) in [4.78, 5) is 27.0. The fraction of sp³-hybridized carbons (Fsp3) is 0.238. The highest BCUT2D eigenvalue weighted by atomic mass is 19.1. The second-order valence-corrected chi connectivity index (χ2v) is 6.27. The third kappa shape index (κ3) is 4.73. The molecular weight excluding hydrogens is 347 g/mol. The highest BCUT2D eigenvalue weighted by Gasteiger charge is 2.08. The van der Waals surface area contributed by atoms with Crippen LogP contribution in [-0.4, -0.2) is 24.5 Å². The molecule has 1 aromatic heterocycles. The van der Waals surface area contributed by atoms with E-state index in [4.69, 9.17) is 4.74 Å². The number of carbonyl (C=O) groups excluding carboxylic acids is 1. The minimum Gasteiger partial charge on any atom is -0.497 e. The number of nitrogens with one attached hydrogen (secondary N) is 2. The van der Waals surface area contributed by atoms with E-state index in [1.807, 2.05) is 12.1 Å². The number of hydrogen-bond acceptors (Lipinski definition) is 3. The SMILES string of the molecule is COc1ccc2cc(CCC(=O)NCCc3ccccc3F)c(=O)[nH]c2c1. The van der Waals surface area contributed by atoms with Gasteiger partial charge in [0, 0.05) is 24.6 Å². The second-order valence-electron chi connectivity index (χ2n) is 6.27. The molecule has 0 atom stereocenters. The molecule has 0 spiro atoms. The summed E-state index contributed by atoms with van der Waals surface area (Å²) in [6.07, 6.45) is 0.960. The van der Waals surface area contributed by atoms with Crippen molar-refractivity contribution in [3.63, 3.8) is 0 Å². The number of aryl methyl sites for hydroxylation is 1. The molecule has 2 N–H and O–H groups in total. The predicted molar refractivity (Wildman–Crippen MR) is 103 cm³/mol. The first-order chi connectivity index (χ1) is 13.1. The van der Waals surface area contributed by atoms with Gasteiger partial charge >= 0.3 is 0 Å². The van der Waals surface area contributed by atoms with Crippen LogP contribution in [0.4, 0.5) is 4.39 Å². The Kier molecular flexibility index (Phi) is 5.86. The summed E-state index contributed by atoms with van der Waals surface area (Å²) in [6.45, 7) is 0.355. The van der Waals surface area contributed by atoms with Crippen molar-refractivity contribution in [2.45, 2.75) is 19.3 Å². The van der Waals surface area contributed by atoms with Crippen molar-refractivity contribution in [2.24, 2.45) is 0 Å². The van der Waals surface area contributed by atoms with E-state index in [2.05, 4.69) is 10.3 Å². The average Bonchev–Trinajstić information content (AvgIpc) is 2.67. The Balaban J connectivity index is 1.56. The monoisotopic (exact) mass is 368 g/mol. The van der Waals surface area contributed by atoms with E-state index in [1.165, 1.54) is 6.07 Å². The number of methoxy groups -OCH3 is 1. The highest BCUT2D eigenvalue weighted by Crippen LogP contribution is 2.18. The van der Waals surface area contributed by atoms with Crippen molar-refractivity contribution in [3.8, 4) is 5.75 Å². The van der Waals surface area contributed by atoms with Crippen molar-refractivity contribution in [1.29, 1.82) is 0 Å². The molecule has 0 fully saturated rings. The van der Waals surface area contributed by atoms with E-state index in [9.17, 15) is 14.0 Å². The number of H-pyrrole nitrogens is 1. The van der Waals surface area contributed by atoms with Gasteiger partial charge in [-0.1, -0.05) is 18.2 Å². The number of carbonyl (C=O) groups is 1. The van der Waals surface area contributed by atoms with Gasteiger partial charge in [-0.2, -0.15) is 0 Å². The summed E-state index contributed by atoms with van der Waals surface area (Å²) in [5.41, 5.74) is 1.60. The van der Waals surface area contributed by atoms with E-state index in [0.29, 0.717) is 41.8 Å². The molecule has 27 heavy (non-hydrogen) atoms. The number of ether oxygens (including phenoxy) is 1. The van der Waals surface area contributed by atoms with Crippen LogP contribution in [0.5, 0.6) is 5.75 Å². The highest BCUT2D eigenvalue weighted by molar-refractivity contribution is 5.81. The van der Waals surface area contributed by atoms with E-state index in [-0.39, 0.29) is 23.7 Å². The first-order valence-corrected chi connectivity index (χ1v) is 8.77. The van der Waals surface area contributed by atoms with Crippen LogP contribution >= 0.6 is 0 Å². The molecule has 0 unspecified atom stereocenters. The summed E-state index contributed by atoms with van der Waals surface area (Å²) in [7, 11) is 1.57. The van der Waals surface area contributed by atoms with E-state index in [1.54, 1.807) is 37.4 Å². The van der Waals surface area contributed by atoms with Crippen LogP contribution in [-0.2, 0) is 17.6 Å². The number of aromatic nitrogens is 1. The fourth-order valence-electron chi connectivity index (χ4n) is 2.91. The van der Waals surface area contributed by atoms with Crippen LogP contribution in [0.25, 0.3) is 10.9 Å². The summed E-state index contributed by atoms with van der Waals surface area (Å²) in [5, 5.41) is 3.65. The first kappa shape index (κ1) is 18.6. The van der Waals surface area contributed by atoms with Crippen molar-refractivity contribution in [1.82, 2.24) is 10.3 Å². The number of amides is 1. The molecule has 0 aliphatic carbocycles. The molecule has 6 heteroatoms. The molecule has 1 heterocycles. The fourth-order valence-corrected chi connectivity index (χ4v) is 2.91. The van der Waals surface area contributed by atoms with E-state index < -0.39 is 0 Å². The van der Waals surface area contributed by atoms with Gasteiger partial charge in [-0.25, -0.2) is 4.39 Å². The third-order valence-electron chi connectivity index (χ3n) is 4.43. The zero-order valence-corrected chi connectivity index (χ0v) is 15.0. The molecule has 1 amide bonds. The number of benzene rings is 2. The molecular formula is C21H21FN2O3. The van der Waals surface area contributed by atoms with Gasteiger partial charge in [-0.15, -0.1) is 0 Å². The molecule has 0 saturated heterocycles. The second kappa shape index (κ2) is 8.49. The lowest BCUT2D eigenvalue weighted by molar-refractivity contribution is -0.121. The van der Waals surface area contributed by atoms with Crippen molar-refractivity contribution < 1.29 is 13.9 Å². The van der Waals surface area contributed by atoms with Crippen molar-refractivity contribution >= 4 is 16.8 Å². The van der Waals surface area contributed by atoms with Gasteiger partial charge in [-0.05, 0) is 48.1 Å². The minimum absolute atomic E-state index is 0.166. The molecule has 0 aliphatic rings. The summed E-state index contributed by atoms with van der Waals surface area (Å²) in [5.74, 6) is 0.228. The molecule has 0 saturated carbocycles. The molecule has 0 bridgehead atoms. The smallest absolute Gasteiger partial charge is 0.251 e. The van der Waals surface area contributed by atoms with Gasteiger partial charge in [0.15, 0.2) is 0 Å². The average molecular weight is 368 g/mol. The topological polar surface area (TPSA) is 71.2 Å². The number of aromatic amines is 1. The van der Waals surface area contributed by atoms with Crippen LogP contribution in [0.1, 0.15) is 17.5 Å². The van der Waals surface area contributed by atoms with Gasteiger partial charge in [0.05, 0.1) is 12.6 Å². The Labute approximate surface area is 156 Å². The molecule has 0 radical (unpaired) electrons. The molecule has 3 rings (SSSR count). The number of pyridine rings is 1.